The van der Waals surface area contributed by atoms with E-state index < -0.39 is 10.8 Å². The van der Waals surface area contributed by atoms with Gasteiger partial charge in [0.05, 0.1) is 29.2 Å². The topological polar surface area (TPSA) is 158 Å². The molecule has 2 aromatic rings. The molecule has 1 aromatic heterocycles. The molecule has 0 spiro atoms. The van der Waals surface area contributed by atoms with E-state index in [1.807, 2.05) is 0 Å². The first-order valence-corrected chi connectivity index (χ1v) is 10.8. The van der Waals surface area contributed by atoms with Gasteiger partial charge in [-0.15, -0.1) is 10.2 Å². The van der Waals surface area contributed by atoms with Gasteiger partial charge in [0.15, 0.2) is 11.5 Å². The number of aromatic nitrogens is 2. The van der Waals surface area contributed by atoms with Crippen LogP contribution in [0.15, 0.2) is 17.2 Å². The first kappa shape index (κ1) is 23.1. The zero-order valence-electron chi connectivity index (χ0n) is 17.3. The summed E-state index contributed by atoms with van der Waals surface area (Å²) in [6.07, 6.45) is 5.47. The minimum atomic E-state index is -0.577. The predicted molar refractivity (Wildman–Crippen MR) is 116 cm³/mol. The Morgan fingerprint density at radius 1 is 1.22 bits per heavy atom. The molecular weight excluding hydrogens is 440 g/mol. The van der Waals surface area contributed by atoms with E-state index in [9.17, 15) is 19.7 Å². The lowest BCUT2D eigenvalue weighted by Gasteiger charge is -2.01. The lowest BCUT2D eigenvalue weighted by Crippen LogP contribution is -2.19. The SMILES string of the molecule is CCCCCCC(=O)Nc1nnc(CC(=O)N/N=C\c2cc3c(cc2[N+](=O)[O-])OCO3)s1. The van der Waals surface area contributed by atoms with E-state index in [4.69, 9.17) is 9.47 Å². The molecule has 0 fully saturated rings. The summed E-state index contributed by atoms with van der Waals surface area (Å²) in [5.74, 6) is 0.0107. The van der Waals surface area contributed by atoms with Crippen LogP contribution in [0.4, 0.5) is 10.8 Å². The Bertz CT molecular complexity index is 1020. The third kappa shape index (κ3) is 6.44. The van der Waals surface area contributed by atoms with E-state index in [2.05, 4.69) is 33.0 Å². The van der Waals surface area contributed by atoms with Crippen LogP contribution in [0.1, 0.15) is 49.6 Å². The van der Waals surface area contributed by atoms with Crippen LogP contribution in [0.25, 0.3) is 0 Å². The number of amides is 2. The Labute approximate surface area is 187 Å². The lowest BCUT2D eigenvalue weighted by molar-refractivity contribution is -0.385. The fourth-order valence-electron chi connectivity index (χ4n) is 2.83. The van der Waals surface area contributed by atoms with Crippen molar-refractivity contribution in [2.24, 2.45) is 5.10 Å². The third-order valence-corrected chi connectivity index (χ3v) is 5.23. The summed E-state index contributed by atoms with van der Waals surface area (Å²) in [5, 5.41) is 26.2. The minimum Gasteiger partial charge on any atom is -0.454 e. The van der Waals surface area contributed by atoms with Crippen molar-refractivity contribution in [3.63, 3.8) is 0 Å². The molecule has 32 heavy (non-hydrogen) atoms. The maximum absolute atomic E-state index is 12.1. The van der Waals surface area contributed by atoms with Crippen LogP contribution in [0.5, 0.6) is 11.5 Å². The van der Waals surface area contributed by atoms with Crippen LogP contribution in [-0.4, -0.2) is 39.9 Å². The number of ether oxygens (including phenoxy) is 2. The van der Waals surface area contributed by atoms with E-state index >= 15 is 0 Å². The highest BCUT2D eigenvalue weighted by Gasteiger charge is 2.22. The van der Waals surface area contributed by atoms with Crippen LogP contribution in [0.3, 0.4) is 0 Å². The molecule has 3 rings (SSSR count). The fraction of sp³-hybridized carbons (Fsp3) is 0.421. The number of hydrogen-bond donors (Lipinski definition) is 2. The average Bonchev–Trinajstić information content (AvgIpc) is 3.39. The Hall–Kier alpha value is -3.61. The molecule has 1 aromatic carbocycles. The van der Waals surface area contributed by atoms with Gasteiger partial charge < -0.3 is 14.8 Å². The monoisotopic (exact) mass is 462 g/mol. The number of hydrogen-bond acceptors (Lipinski definition) is 10. The van der Waals surface area contributed by atoms with Crippen LogP contribution >= 0.6 is 11.3 Å². The molecule has 2 amide bonds. The average molecular weight is 462 g/mol. The van der Waals surface area contributed by atoms with E-state index in [0.717, 1.165) is 43.2 Å². The number of fused-ring (bicyclic) bond motifs is 1. The van der Waals surface area contributed by atoms with Crippen LogP contribution < -0.4 is 20.2 Å². The fourth-order valence-corrected chi connectivity index (χ4v) is 3.58. The van der Waals surface area contributed by atoms with Gasteiger partial charge in [-0.25, -0.2) is 5.43 Å². The predicted octanol–water partition coefficient (Wildman–Crippen LogP) is 2.78. The molecule has 0 saturated carbocycles. The highest BCUT2D eigenvalue weighted by Crippen LogP contribution is 2.37. The number of nitrogens with zero attached hydrogens (tertiary/aromatic N) is 4. The summed E-state index contributed by atoms with van der Waals surface area (Å²) in [4.78, 5) is 34.7. The standard InChI is InChI=1S/C19H22N6O6S/c1-2-3-4-5-6-16(26)21-19-24-23-18(32-19)9-17(27)22-20-10-12-7-14-15(31-11-30-14)8-13(12)25(28)29/h7-8,10H,2-6,9,11H2,1H3,(H,22,27)(H,21,24,26)/b20-10-. The number of anilines is 1. The van der Waals surface area contributed by atoms with Gasteiger partial charge in [-0.05, 0) is 12.5 Å². The normalized spacial score (nSPS) is 12.2. The number of carbonyl (C=O) groups is 2. The minimum absolute atomic E-state index is 0.0209. The number of nitro benzene ring substituents is 1. The Morgan fingerprint density at radius 2 is 2.00 bits per heavy atom. The Kier molecular flexibility index (Phi) is 8.02. The maximum Gasteiger partial charge on any atom is 0.282 e. The number of hydrazone groups is 1. The summed E-state index contributed by atoms with van der Waals surface area (Å²) in [6, 6.07) is 2.66. The van der Waals surface area contributed by atoms with Gasteiger partial charge in [0.1, 0.15) is 5.01 Å². The quantitative estimate of drug-likeness (QED) is 0.223. The van der Waals surface area contributed by atoms with E-state index in [0.29, 0.717) is 22.3 Å². The van der Waals surface area contributed by atoms with Gasteiger partial charge in [-0.3, -0.25) is 19.7 Å². The molecule has 12 nitrogen and oxygen atoms in total. The summed E-state index contributed by atoms with van der Waals surface area (Å²) in [5.41, 5.74) is 2.21. The van der Waals surface area contributed by atoms with Gasteiger partial charge in [-0.1, -0.05) is 37.5 Å². The molecule has 0 bridgehead atoms. The molecule has 0 saturated heterocycles. The van der Waals surface area contributed by atoms with Crippen molar-refractivity contribution >= 4 is 40.2 Å². The molecule has 170 valence electrons. The number of rotatable bonds is 11. The van der Waals surface area contributed by atoms with Gasteiger partial charge in [0.25, 0.3) is 5.69 Å². The molecule has 1 aliphatic heterocycles. The number of nitro groups is 1. The number of unbranched alkanes of at least 4 members (excludes halogenated alkanes) is 3. The second kappa shape index (κ2) is 11.1. The van der Waals surface area contributed by atoms with Crippen molar-refractivity contribution in [2.75, 3.05) is 12.1 Å². The largest absolute Gasteiger partial charge is 0.454 e. The van der Waals surface area contributed by atoms with Crippen molar-refractivity contribution in [1.29, 1.82) is 0 Å². The van der Waals surface area contributed by atoms with Crippen molar-refractivity contribution in [1.82, 2.24) is 15.6 Å². The lowest BCUT2D eigenvalue weighted by atomic mass is 10.1. The highest BCUT2D eigenvalue weighted by atomic mass is 32.1. The van der Waals surface area contributed by atoms with Gasteiger partial charge in [0.2, 0.25) is 23.7 Å². The summed E-state index contributed by atoms with van der Waals surface area (Å²) in [7, 11) is 0. The molecule has 0 aliphatic carbocycles. The first-order valence-electron chi connectivity index (χ1n) is 9.98. The Balaban J connectivity index is 1.50. The second-order valence-corrected chi connectivity index (χ2v) is 7.91. The molecule has 0 radical (unpaired) electrons. The molecular formula is C19H22N6O6S. The number of benzene rings is 1. The molecule has 2 N–H and O–H groups in total. The second-order valence-electron chi connectivity index (χ2n) is 6.85. The van der Waals surface area contributed by atoms with E-state index in [1.54, 1.807) is 0 Å². The van der Waals surface area contributed by atoms with Gasteiger partial charge in [-0.2, -0.15) is 5.10 Å². The number of nitrogens with one attached hydrogen (secondary N) is 2. The zero-order valence-corrected chi connectivity index (χ0v) is 18.1. The van der Waals surface area contributed by atoms with Crippen molar-refractivity contribution in [3.05, 3.63) is 32.8 Å². The Morgan fingerprint density at radius 3 is 2.75 bits per heavy atom. The van der Waals surface area contributed by atoms with E-state index in [-0.39, 0.29) is 36.1 Å². The van der Waals surface area contributed by atoms with Crippen LogP contribution in [0, 0.1) is 10.1 Å². The molecule has 13 heteroatoms. The molecule has 1 aliphatic rings. The number of carbonyl (C=O) groups excluding carboxylic acids is 2. The van der Waals surface area contributed by atoms with Crippen molar-refractivity contribution in [3.8, 4) is 11.5 Å². The van der Waals surface area contributed by atoms with Crippen molar-refractivity contribution in [2.45, 2.75) is 45.4 Å². The third-order valence-electron chi connectivity index (χ3n) is 4.39. The molecule has 0 atom stereocenters. The molecule has 2 heterocycles. The summed E-state index contributed by atoms with van der Waals surface area (Å²) < 4.78 is 10.3. The zero-order chi connectivity index (χ0) is 22.9. The van der Waals surface area contributed by atoms with Crippen LogP contribution in [-0.2, 0) is 16.0 Å². The van der Waals surface area contributed by atoms with Crippen molar-refractivity contribution < 1.29 is 24.0 Å². The van der Waals surface area contributed by atoms with Gasteiger partial charge in [0, 0.05) is 6.42 Å². The first-order chi connectivity index (χ1) is 15.5. The highest BCUT2D eigenvalue weighted by molar-refractivity contribution is 7.15. The van der Waals surface area contributed by atoms with Gasteiger partial charge >= 0.3 is 0 Å². The van der Waals surface area contributed by atoms with Crippen LogP contribution in [0.2, 0.25) is 0 Å². The smallest absolute Gasteiger partial charge is 0.282 e. The van der Waals surface area contributed by atoms with E-state index in [1.165, 1.54) is 12.1 Å². The summed E-state index contributed by atoms with van der Waals surface area (Å²) >= 11 is 1.10. The maximum atomic E-state index is 12.1. The molecule has 0 unspecified atom stereocenters. The summed E-state index contributed by atoms with van der Waals surface area (Å²) in [6.45, 7) is 2.08.